The van der Waals surface area contributed by atoms with E-state index in [9.17, 15) is 4.79 Å². The van der Waals surface area contributed by atoms with Crippen LogP contribution in [0.1, 0.15) is 44.9 Å². The minimum Gasteiger partial charge on any atom is -0.338 e. The second kappa shape index (κ2) is 4.70. The quantitative estimate of drug-likeness (QED) is 0.761. The molecule has 3 heterocycles. The van der Waals surface area contributed by atoms with Gasteiger partial charge in [-0.3, -0.25) is 9.69 Å². The maximum Gasteiger partial charge on any atom is 0.240 e. The molecule has 1 spiro atoms. The summed E-state index contributed by atoms with van der Waals surface area (Å²) in [4.78, 5) is 19.8. The van der Waals surface area contributed by atoms with Crippen LogP contribution in [0.3, 0.4) is 0 Å². The number of rotatable bonds is 2. The first-order chi connectivity index (χ1) is 9.70. The third kappa shape index (κ3) is 2.00. The molecule has 0 aromatic carbocycles. The Hall–Kier alpha value is -0.610. The van der Waals surface area contributed by atoms with Gasteiger partial charge in [-0.2, -0.15) is 0 Å². The van der Waals surface area contributed by atoms with Crippen LogP contribution in [0.15, 0.2) is 0 Å². The van der Waals surface area contributed by atoms with Crippen LogP contribution in [-0.4, -0.2) is 71.5 Å². The molecule has 4 aliphatic rings. The number of amides is 1. The van der Waals surface area contributed by atoms with Crippen LogP contribution in [0.25, 0.3) is 0 Å². The Kier molecular flexibility index (Phi) is 3.08. The second-order valence-electron chi connectivity index (χ2n) is 7.35. The molecule has 4 fully saturated rings. The van der Waals surface area contributed by atoms with Crippen molar-refractivity contribution in [2.75, 3.05) is 33.2 Å². The lowest BCUT2D eigenvalue weighted by atomic mass is 9.84. The van der Waals surface area contributed by atoms with E-state index in [-0.39, 0.29) is 6.04 Å². The average Bonchev–Trinajstić information content (AvgIpc) is 3.14. The first kappa shape index (κ1) is 13.1. The molecule has 0 bridgehead atoms. The Labute approximate surface area is 122 Å². The molecule has 4 heteroatoms. The highest BCUT2D eigenvalue weighted by Crippen LogP contribution is 2.39. The fraction of sp³-hybridized carbons (Fsp3) is 0.938. The van der Waals surface area contributed by atoms with Gasteiger partial charge in [0.2, 0.25) is 5.91 Å². The van der Waals surface area contributed by atoms with Gasteiger partial charge >= 0.3 is 0 Å². The summed E-state index contributed by atoms with van der Waals surface area (Å²) >= 11 is 0. The molecule has 0 aromatic heterocycles. The van der Waals surface area contributed by atoms with E-state index >= 15 is 0 Å². The topological polar surface area (TPSA) is 26.8 Å². The van der Waals surface area contributed by atoms with Crippen LogP contribution in [0.4, 0.5) is 0 Å². The van der Waals surface area contributed by atoms with Gasteiger partial charge in [0.05, 0.1) is 6.04 Å². The van der Waals surface area contributed by atoms with Crippen molar-refractivity contribution in [1.29, 1.82) is 0 Å². The van der Waals surface area contributed by atoms with Gasteiger partial charge in [-0.1, -0.05) is 0 Å². The van der Waals surface area contributed by atoms with Gasteiger partial charge in [-0.05, 0) is 58.5 Å². The molecule has 112 valence electrons. The van der Waals surface area contributed by atoms with Gasteiger partial charge in [0.25, 0.3) is 0 Å². The van der Waals surface area contributed by atoms with E-state index in [0.717, 1.165) is 26.1 Å². The lowest BCUT2D eigenvalue weighted by Crippen LogP contribution is -2.54. The van der Waals surface area contributed by atoms with E-state index in [4.69, 9.17) is 0 Å². The largest absolute Gasteiger partial charge is 0.338 e. The average molecular weight is 277 g/mol. The lowest BCUT2D eigenvalue weighted by molar-refractivity contribution is -0.133. The van der Waals surface area contributed by atoms with Gasteiger partial charge in [0.1, 0.15) is 0 Å². The molecule has 4 rings (SSSR count). The Balaban J connectivity index is 1.38. The van der Waals surface area contributed by atoms with Crippen molar-refractivity contribution in [3.63, 3.8) is 0 Å². The first-order valence-corrected chi connectivity index (χ1v) is 8.45. The zero-order chi connectivity index (χ0) is 13.7. The normalized spacial score (nSPS) is 35.4. The fourth-order valence-corrected chi connectivity index (χ4v) is 4.73. The maximum atomic E-state index is 12.5. The Morgan fingerprint density at radius 2 is 1.75 bits per heavy atom. The van der Waals surface area contributed by atoms with Gasteiger partial charge in [-0.15, -0.1) is 0 Å². The summed E-state index contributed by atoms with van der Waals surface area (Å²) in [7, 11) is 2.29. The van der Waals surface area contributed by atoms with E-state index in [1.54, 1.807) is 0 Å². The molecule has 0 N–H and O–H groups in total. The molecule has 20 heavy (non-hydrogen) atoms. The molecule has 0 aromatic rings. The van der Waals surface area contributed by atoms with E-state index < -0.39 is 0 Å². The zero-order valence-corrected chi connectivity index (χ0v) is 12.7. The Bertz CT molecular complexity index is 399. The minimum atomic E-state index is 0.208. The van der Waals surface area contributed by atoms with Gasteiger partial charge in [0, 0.05) is 31.2 Å². The van der Waals surface area contributed by atoms with E-state index in [1.807, 2.05) is 0 Å². The number of hydrogen-bond donors (Lipinski definition) is 0. The molecular weight excluding hydrogens is 250 g/mol. The number of carbonyl (C=O) groups is 1. The van der Waals surface area contributed by atoms with Gasteiger partial charge < -0.3 is 9.80 Å². The number of hydrogen-bond acceptors (Lipinski definition) is 3. The highest BCUT2D eigenvalue weighted by Gasteiger charge is 2.46. The monoisotopic (exact) mass is 277 g/mol. The number of likely N-dealkylation sites (tertiary alicyclic amines) is 3. The van der Waals surface area contributed by atoms with Crippen molar-refractivity contribution in [3.8, 4) is 0 Å². The Morgan fingerprint density at radius 1 is 1.00 bits per heavy atom. The van der Waals surface area contributed by atoms with E-state index in [0.29, 0.717) is 17.5 Å². The lowest BCUT2D eigenvalue weighted by Gasteiger charge is -2.45. The van der Waals surface area contributed by atoms with Crippen LogP contribution < -0.4 is 0 Å². The van der Waals surface area contributed by atoms with Crippen LogP contribution in [-0.2, 0) is 4.79 Å². The molecule has 1 saturated carbocycles. The van der Waals surface area contributed by atoms with Crippen LogP contribution in [0.2, 0.25) is 0 Å². The molecular formula is C16H27N3O. The molecule has 1 aliphatic carbocycles. The predicted molar refractivity (Wildman–Crippen MR) is 78.5 cm³/mol. The first-order valence-electron chi connectivity index (χ1n) is 8.45. The summed E-state index contributed by atoms with van der Waals surface area (Å²) in [5.74, 6) is 0.434. The molecule has 1 amide bonds. The second-order valence-corrected chi connectivity index (χ2v) is 7.35. The van der Waals surface area contributed by atoms with E-state index in [2.05, 4.69) is 21.7 Å². The van der Waals surface area contributed by atoms with E-state index in [1.165, 1.54) is 45.1 Å². The molecule has 0 radical (unpaired) electrons. The van der Waals surface area contributed by atoms with Crippen LogP contribution in [0, 0.1) is 0 Å². The Morgan fingerprint density at radius 3 is 2.35 bits per heavy atom. The standard InChI is InChI=1S/C16H27N3O/c1-17-9-2-6-16(17)7-11-18(12-8-16)14-5-10-19(15(14)20)13-3-4-13/h13-14H,2-12H2,1H3. The summed E-state index contributed by atoms with van der Waals surface area (Å²) in [6.45, 7) is 4.52. The van der Waals surface area contributed by atoms with Crippen molar-refractivity contribution in [3.05, 3.63) is 0 Å². The minimum absolute atomic E-state index is 0.208. The molecule has 3 saturated heterocycles. The predicted octanol–water partition coefficient (Wildman–Crippen LogP) is 1.31. The molecule has 3 aliphatic heterocycles. The zero-order valence-electron chi connectivity index (χ0n) is 12.7. The molecule has 1 unspecified atom stereocenters. The maximum absolute atomic E-state index is 12.5. The fourth-order valence-electron chi connectivity index (χ4n) is 4.73. The summed E-state index contributed by atoms with van der Waals surface area (Å²) < 4.78 is 0. The third-order valence-corrected chi connectivity index (χ3v) is 6.31. The van der Waals surface area contributed by atoms with Crippen LogP contribution in [0.5, 0.6) is 0 Å². The summed E-state index contributed by atoms with van der Waals surface area (Å²) in [5, 5.41) is 0. The number of piperidine rings is 1. The van der Waals surface area contributed by atoms with Crippen molar-refractivity contribution in [1.82, 2.24) is 14.7 Å². The number of nitrogens with zero attached hydrogens (tertiary/aromatic N) is 3. The summed E-state index contributed by atoms with van der Waals surface area (Å²) in [5.41, 5.74) is 0.467. The molecule has 1 atom stereocenters. The van der Waals surface area contributed by atoms with Crippen molar-refractivity contribution in [2.45, 2.75) is 62.6 Å². The SMILES string of the molecule is CN1CCCC12CCN(C1CCN(C3CC3)C1=O)CC2. The smallest absolute Gasteiger partial charge is 0.240 e. The van der Waals surface area contributed by atoms with Gasteiger partial charge in [0.15, 0.2) is 0 Å². The summed E-state index contributed by atoms with van der Waals surface area (Å²) in [6.07, 6.45) is 8.79. The highest BCUT2D eigenvalue weighted by atomic mass is 16.2. The van der Waals surface area contributed by atoms with Crippen LogP contribution >= 0.6 is 0 Å². The third-order valence-electron chi connectivity index (χ3n) is 6.31. The van der Waals surface area contributed by atoms with Crippen molar-refractivity contribution >= 4 is 5.91 Å². The molecule has 4 nitrogen and oxygen atoms in total. The van der Waals surface area contributed by atoms with Crippen molar-refractivity contribution < 1.29 is 4.79 Å². The number of carbonyl (C=O) groups excluding carboxylic acids is 1. The highest BCUT2D eigenvalue weighted by molar-refractivity contribution is 5.84. The summed E-state index contributed by atoms with van der Waals surface area (Å²) in [6, 6.07) is 0.809. The van der Waals surface area contributed by atoms with Crippen molar-refractivity contribution in [2.24, 2.45) is 0 Å². The van der Waals surface area contributed by atoms with Gasteiger partial charge in [-0.25, -0.2) is 0 Å².